The molecule has 1 N–H and O–H groups in total. The van der Waals surface area contributed by atoms with Crippen molar-refractivity contribution >= 4 is 5.97 Å². The highest BCUT2D eigenvalue weighted by molar-refractivity contribution is 5.70. The molecule has 0 unspecified atom stereocenters. The molecule has 0 atom stereocenters. The summed E-state index contributed by atoms with van der Waals surface area (Å²) in [6.45, 7) is 0.457. The molecule has 0 aromatic carbocycles. The lowest BCUT2D eigenvalue weighted by Crippen LogP contribution is -2.13. The van der Waals surface area contributed by atoms with Crippen LogP contribution < -0.4 is 5.32 Å². The van der Waals surface area contributed by atoms with Gasteiger partial charge in [0.25, 0.3) is 0 Å². The summed E-state index contributed by atoms with van der Waals surface area (Å²) in [4.78, 5) is 10.9. The van der Waals surface area contributed by atoms with E-state index in [4.69, 9.17) is 10.00 Å². The van der Waals surface area contributed by atoms with Gasteiger partial charge >= 0.3 is 5.97 Å². The highest BCUT2D eigenvalue weighted by Crippen LogP contribution is 2.14. The standard InChI is InChI=1S/C11H12N2O3/c1-15-11(14)8-16-10(2-5-12)9-3-6-13-7-4-9/h2-4,6,13H,7-8H2,1H3/b10-2-. The molecule has 84 valence electrons. The first-order valence-electron chi connectivity index (χ1n) is 4.67. The van der Waals surface area contributed by atoms with Crippen molar-refractivity contribution in [2.45, 2.75) is 0 Å². The van der Waals surface area contributed by atoms with E-state index in [1.165, 1.54) is 13.2 Å². The molecule has 1 aliphatic rings. The monoisotopic (exact) mass is 220 g/mol. The van der Waals surface area contributed by atoms with E-state index in [9.17, 15) is 4.79 Å². The number of dihydropyridines is 1. The second kappa shape index (κ2) is 6.30. The van der Waals surface area contributed by atoms with Crippen molar-refractivity contribution in [2.24, 2.45) is 0 Å². The molecule has 0 aromatic rings. The first-order chi connectivity index (χ1) is 7.77. The van der Waals surface area contributed by atoms with Gasteiger partial charge in [-0.3, -0.25) is 0 Å². The molecule has 0 fully saturated rings. The van der Waals surface area contributed by atoms with E-state index in [0.717, 1.165) is 5.57 Å². The molecular weight excluding hydrogens is 208 g/mol. The summed E-state index contributed by atoms with van der Waals surface area (Å²) in [5, 5.41) is 11.6. The number of nitrogens with zero attached hydrogens (tertiary/aromatic N) is 1. The average molecular weight is 220 g/mol. The number of methoxy groups -OCH3 is 1. The highest BCUT2D eigenvalue weighted by atomic mass is 16.6. The number of hydrogen-bond acceptors (Lipinski definition) is 5. The second-order valence-corrected chi connectivity index (χ2v) is 2.90. The predicted octanol–water partition coefficient (Wildman–Crippen LogP) is 0.627. The quantitative estimate of drug-likeness (QED) is 0.427. The van der Waals surface area contributed by atoms with Gasteiger partial charge in [0.2, 0.25) is 0 Å². The maximum absolute atomic E-state index is 10.9. The van der Waals surface area contributed by atoms with Crippen LogP contribution in [-0.4, -0.2) is 26.2 Å². The van der Waals surface area contributed by atoms with Crippen LogP contribution in [0.15, 0.2) is 35.8 Å². The third-order valence-electron chi connectivity index (χ3n) is 1.87. The topological polar surface area (TPSA) is 71.3 Å². The Morgan fingerprint density at radius 1 is 1.75 bits per heavy atom. The van der Waals surface area contributed by atoms with Gasteiger partial charge in [-0.2, -0.15) is 5.26 Å². The van der Waals surface area contributed by atoms with Gasteiger partial charge in [-0.05, 0) is 12.3 Å². The molecule has 0 aromatic heterocycles. The number of nitriles is 1. The fraction of sp³-hybridized carbons (Fsp3) is 0.273. The highest BCUT2D eigenvalue weighted by Gasteiger charge is 2.08. The molecule has 1 heterocycles. The van der Waals surface area contributed by atoms with Crippen LogP contribution in [0, 0.1) is 11.3 Å². The Morgan fingerprint density at radius 2 is 2.56 bits per heavy atom. The summed E-state index contributed by atoms with van der Waals surface area (Å²) in [6, 6.07) is 1.87. The number of carbonyl (C=O) groups is 1. The Labute approximate surface area is 93.6 Å². The number of carbonyl (C=O) groups excluding carboxylic acids is 1. The Hall–Kier alpha value is -2.22. The summed E-state index contributed by atoms with van der Waals surface area (Å²) in [6.07, 6.45) is 6.64. The first kappa shape index (κ1) is 11.9. The lowest BCUT2D eigenvalue weighted by Gasteiger charge is -2.12. The zero-order valence-electron chi connectivity index (χ0n) is 8.90. The minimum absolute atomic E-state index is 0.206. The Morgan fingerprint density at radius 3 is 3.12 bits per heavy atom. The van der Waals surface area contributed by atoms with E-state index in [1.807, 2.05) is 12.1 Å². The molecule has 0 spiro atoms. The molecule has 0 amide bonds. The van der Waals surface area contributed by atoms with E-state index in [0.29, 0.717) is 12.3 Å². The van der Waals surface area contributed by atoms with Crippen LogP contribution in [0.4, 0.5) is 0 Å². The summed E-state index contributed by atoms with van der Waals surface area (Å²) in [7, 11) is 1.28. The minimum Gasteiger partial charge on any atom is -0.481 e. The number of rotatable bonds is 4. The Kier molecular flexibility index (Phi) is 4.67. The van der Waals surface area contributed by atoms with Gasteiger partial charge in [0, 0.05) is 12.1 Å². The average Bonchev–Trinajstić information content (AvgIpc) is 2.35. The molecule has 5 heteroatoms. The number of esters is 1. The summed E-state index contributed by atoms with van der Waals surface area (Å²) < 4.78 is 9.63. The SMILES string of the molecule is COC(=O)CO/C(=C\C#N)C1=CCNC=C1. The molecule has 0 saturated heterocycles. The number of allylic oxidation sites excluding steroid dienone is 2. The smallest absolute Gasteiger partial charge is 0.343 e. The number of nitrogens with one attached hydrogen (secondary N) is 1. The largest absolute Gasteiger partial charge is 0.481 e. The Bertz CT molecular complexity index is 389. The fourth-order valence-electron chi connectivity index (χ4n) is 1.10. The van der Waals surface area contributed by atoms with Crippen LogP contribution in [0.2, 0.25) is 0 Å². The van der Waals surface area contributed by atoms with E-state index in [-0.39, 0.29) is 6.61 Å². The fourth-order valence-corrected chi connectivity index (χ4v) is 1.10. The van der Waals surface area contributed by atoms with Crippen molar-refractivity contribution in [3.05, 3.63) is 35.8 Å². The third-order valence-corrected chi connectivity index (χ3v) is 1.87. The number of ether oxygens (including phenoxy) is 2. The van der Waals surface area contributed by atoms with E-state index >= 15 is 0 Å². The predicted molar refractivity (Wildman–Crippen MR) is 56.9 cm³/mol. The van der Waals surface area contributed by atoms with Crippen molar-refractivity contribution < 1.29 is 14.3 Å². The van der Waals surface area contributed by atoms with Crippen molar-refractivity contribution in [2.75, 3.05) is 20.3 Å². The van der Waals surface area contributed by atoms with Crippen molar-refractivity contribution in [3.8, 4) is 6.07 Å². The van der Waals surface area contributed by atoms with E-state index in [2.05, 4.69) is 10.1 Å². The van der Waals surface area contributed by atoms with Crippen molar-refractivity contribution in [3.63, 3.8) is 0 Å². The summed E-state index contributed by atoms with van der Waals surface area (Å²) in [5.74, 6) is -0.118. The first-order valence-corrected chi connectivity index (χ1v) is 4.67. The molecule has 5 nitrogen and oxygen atoms in total. The molecule has 0 bridgehead atoms. The van der Waals surface area contributed by atoms with Gasteiger partial charge in [0.05, 0.1) is 19.3 Å². The molecular formula is C11H12N2O3. The molecule has 0 saturated carbocycles. The van der Waals surface area contributed by atoms with Crippen LogP contribution in [0.1, 0.15) is 0 Å². The lowest BCUT2D eigenvalue weighted by atomic mass is 10.1. The maximum atomic E-state index is 10.9. The van der Waals surface area contributed by atoms with Gasteiger partial charge in [-0.1, -0.05) is 6.08 Å². The molecule has 16 heavy (non-hydrogen) atoms. The van der Waals surface area contributed by atoms with Crippen LogP contribution in [0.5, 0.6) is 0 Å². The van der Waals surface area contributed by atoms with E-state index < -0.39 is 5.97 Å². The van der Waals surface area contributed by atoms with Crippen molar-refractivity contribution in [1.82, 2.24) is 5.32 Å². The van der Waals surface area contributed by atoms with Crippen LogP contribution in [0.25, 0.3) is 0 Å². The Balaban J connectivity index is 2.66. The van der Waals surface area contributed by atoms with Crippen molar-refractivity contribution in [1.29, 1.82) is 5.26 Å². The zero-order valence-corrected chi connectivity index (χ0v) is 8.90. The lowest BCUT2D eigenvalue weighted by molar-refractivity contribution is -0.144. The molecule has 1 rings (SSSR count). The third kappa shape index (κ3) is 3.50. The second-order valence-electron chi connectivity index (χ2n) is 2.90. The molecule has 1 aliphatic heterocycles. The number of hydrogen-bond donors (Lipinski definition) is 1. The summed E-state index contributed by atoms with van der Waals surface area (Å²) in [5.41, 5.74) is 0.768. The maximum Gasteiger partial charge on any atom is 0.343 e. The normalized spacial score (nSPS) is 14.5. The van der Waals surface area contributed by atoms with Crippen LogP contribution in [-0.2, 0) is 14.3 Å². The van der Waals surface area contributed by atoms with E-state index in [1.54, 1.807) is 12.3 Å². The summed E-state index contributed by atoms with van der Waals surface area (Å²) >= 11 is 0. The van der Waals surface area contributed by atoms with Crippen LogP contribution in [0.3, 0.4) is 0 Å². The molecule has 0 radical (unpaired) electrons. The van der Waals surface area contributed by atoms with Gasteiger partial charge in [0.1, 0.15) is 5.76 Å². The van der Waals surface area contributed by atoms with Crippen LogP contribution >= 0.6 is 0 Å². The van der Waals surface area contributed by atoms with Gasteiger partial charge < -0.3 is 14.8 Å². The zero-order chi connectivity index (χ0) is 11.8. The van der Waals surface area contributed by atoms with Gasteiger partial charge in [0.15, 0.2) is 6.61 Å². The minimum atomic E-state index is -0.484. The van der Waals surface area contributed by atoms with Gasteiger partial charge in [-0.25, -0.2) is 4.79 Å². The molecule has 0 aliphatic carbocycles. The van der Waals surface area contributed by atoms with Gasteiger partial charge in [-0.15, -0.1) is 0 Å².